The number of hydrogen-bond donors (Lipinski definition) is 1. The standard InChI is InChI=1S/C14H14ClN3O2S2/c1-2-21-14-18-17-13(22-14)16-12(19)9-5-8-6-10(15)3-4-11(8)20-7-9/h3-4,6,9H,2,5,7H2,1H3,(H,16,17,19). The Morgan fingerprint density at radius 3 is 3.23 bits per heavy atom. The van der Waals surface area contributed by atoms with Gasteiger partial charge in [0, 0.05) is 5.02 Å². The summed E-state index contributed by atoms with van der Waals surface area (Å²) in [6.07, 6.45) is 0.608. The van der Waals surface area contributed by atoms with Crippen LogP contribution in [-0.2, 0) is 11.2 Å². The molecule has 8 heteroatoms. The lowest BCUT2D eigenvalue weighted by Gasteiger charge is -2.24. The van der Waals surface area contributed by atoms with Gasteiger partial charge in [0.1, 0.15) is 12.4 Å². The van der Waals surface area contributed by atoms with Crippen molar-refractivity contribution in [3.8, 4) is 5.75 Å². The summed E-state index contributed by atoms with van der Waals surface area (Å²) in [5, 5.41) is 12.0. The van der Waals surface area contributed by atoms with Crippen molar-refractivity contribution in [3.05, 3.63) is 28.8 Å². The Kier molecular flexibility index (Phi) is 4.85. The van der Waals surface area contributed by atoms with E-state index in [9.17, 15) is 4.79 Å². The van der Waals surface area contributed by atoms with E-state index in [2.05, 4.69) is 15.5 Å². The van der Waals surface area contributed by atoms with Gasteiger partial charge in [0.2, 0.25) is 11.0 Å². The number of nitrogens with zero attached hydrogens (tertiary/aromatic N) is 2. The third kappa shape index (κ3) is 3.53. The number of amides is 1. The van der Waals surface area contributed by atoms with Crippen LogP contribution < -0.4 is 10.1 Å². The van der Waals surface area contributed by atoms with Crippen LogP contribution in [0.5, 0.6) is 5.75 Å². The summed E-state index contributed by atoms with van der Waals surface area (Å²) in [6, 6.07) is 5.47. The number of ether oxygens (including phenoxy) is 1. The van der Waals surface area contributed by atoms with Crippen LogP contribution in [0.4, 0.5) is 5.13 Å². The number of halogens is 1. The fraction of sp³-hybridized carbons (Fsp3) is 0.357. The van der Waals surface area contributed by atoms with Crippen LogP contribution in [0, 0.1) is 5.92 Å². The number of carbonyl (C=O) groups is 1. The Morgan fingerprint density at radius 2 is 2.41 bits per heavy atom. The van der Waals surface area contributed by atoms with Crippen molar-refractivity contribution in [3.63, 3.8) is 0 Å². The Hall–Kier alpha value is -1.31. The minimum Gasteiger partial charge on any atom is -0.492 e. The summed E-state index contributed by atoms with van der Waals surface area (Å²) < 4.78 is 6.49. The number of fused-ring (bicyclic) bond motifs is 1. The van der Waals surface area contributed by atoms with Crippen LogP contribution in [-0.4, -0.2) is 28.5 Å². The number of anilines is 1. The third-order valence-electron chi connectivity index (χ3n) is 3.20. The first-order valence-corrected chi connectivity index (χ1v) is 9.02. The number of carbonyl (C=O) groups excluding carboxylic acids is 1. The quantitative estimate of drug-likeness (QED) is 0.671. The zero-order chi connectivity index (χ0) is 15.5. The zero-order valence-corrected chi connectivity index (χ0v) is 14.2. The van der Waals surface area contributed by atoms with Crippen LogP contribution in [0.2, 0.25) is 5.02 Å². The predicted octanol–water partition coefficient (Wildman–Crippen LogP) is 3.49. The van der Waals surface area contributed by atoms with Crippen molar-refractivity contribution in [2.45, 2.75) is 17.7 Å². The van der Waals surface area contributed by atoms with E-state index in [1.54, 1.807) is 17.8 Å². The van der Waals surface area contributed by atoms with Gasteiger partial charge in [-0.3, -0.25) is 4.79 Å². The molecule has 2 heterocycles. The number of aromatic nitrogens is 2. The molecule has 3 rings (SSSR count). The van der Waals surface area contributed by atoms with Gasteiger partial charge in [-0.15, -0.1) is 10.2 Å². The van der Waals surface area contributed by atoms with Crippen molar-refractivity contribution in [1.82, 2.24) is 10.2 Å². The van der Waals surface area contributed by atoms with Gasteiger partial charge >= 0.3 is 0 Å². The number of benzene rings is 1. The van der Waals surface area contributed by atoms with Crippen molar-refractivity contribution in [2.24, 2.45) is 5.92 Å². The Morgan fingerprint density at radius 1 is 1.55 bits per heavy atom. The lowest BCUT2D eigenvalue weighted by molar-refractivity contribution is -0.121. The molecule has 1 N–H and O–H groups in total. The summed E-state index contributed by atoms with van der Waals surface area (Å²) in [4.78, 5) is 12.3. The van der Waals surface area contributed by atoms with E-state index in [1.165, 1.54) is 11.3 Å². The Bertz CT molecular complexity index is 692. The molecule has 1 aromatic heterocycles. The van der Waals surface area contributed by atoms with Crippen LogP contribution in [0.1, 0.15) is 12.5 Å². The first-order valence-electron chi connectivity index (χ1n) is 6.84. The van der Waals surface area contributed by atoms with Gasteiger partial charge in [-0.25, -0.2) is 0 Å². The molecule has 2 aromatic rings. The van der Waals surface area contributed by atoms with E-state index in [-0.39, 0.29) is 11.8 Å². The molecular weight excluding hydrogens is 342 g/mol. The van der Waals surface area contributed by atoms with E-state index in [4.69, 9.17) is 16.3 Å². The van der Waals surface area contributed by atoms with E-state index in [1.807, 2.05) is 19.1 Å². The summed E-state index contributed by atoms with van der Waals surface area (Å²) in [5.41, 5.74) is 0.957. The molecule has 0 spiro atoms. The van der Waals surface area contributed by atoms with Gasteiger partial charge in [0.05, 0.1) is 5.92 Å². The van der Waals surface area contributed by atoms with Gasteiger partial charge in [0.15, 0.2) is 4.34 Å². The van der Waals surface area contributed by atoms with E-state index < -0.39 is 0 Å². The molecule has 1 aliphatic heterocycles. The first-order chi connectivity index (χ1) is 10.7. The molecule has 0 fully saturated rings. The summed E-state index contributed by atoms with van der Waals surface area (Å²) >= 11 is 8.98. The van der Waals surface area contributed by atoms with Crippen molar-refractivity contribution < 1.29 is 9.53 Å². The number of nitrogens with one attached hydrogen (secondary N) is 1. The Balaban J connectivity index is 1.65. The molecule has 5 nitrogen and oxygen atoms in total. The number of rotatable bonds is 4. The van der Waals surface area contributed by atoms with Gasteiger partial charge < -0.3 is 10.1 Å². The van der Waals surface area contributed by atoms with E-state index in [0.717, 1.165) is 21.4 Å². The van der Waals surface area contributed by atoms with Gasteiger partial charge in [-0.1, -0.05) is 41.6 Å². The highest BCUT2D eigenvalue weighted by molar-refractivity contribution is 8.01. The molecule has 22 heavy (non-hydrogen) atoms. The summed E-state index contributed by atoms with van der Waals surface area (Å²) in [7, 11) is 0. The highest BCUT2D eigenvalue weighted by atomic mass is 35.5. The molecule has 0 aliphatic carbocycles. The molecule has 1 aliphatic rings. The maximum atomic E-state index is 12.3. The van der Waals surface area contributed by atoms with Crippen LogP contribution >= 0.6 is 34.7 Å². The average Bonchev–Trinajstić information content (AvgIpc) is 2.94. The van der Waals surface area contributed by atoms with Crippen molar-refractivity contribution in [2.75, 3.05) is 17.7 Å². The number of thioether (sulfide) groups is 1. The second-order valence-electron chi connectivity index (χ2n) is 4.76. The van der Waals surface area contributed by atoms with Crippen molar-refractivity contribution in [1.29, 1.82) is 0 Å². The first kappa shape index (κ1) is 15.6. The maximum Gasteiger partial charge on any atom is 0.233 e. The molecule has 0 radical (unpaired) electrons. The third-order valence-corrected chi connectivity index (χ3v) is 5.29. The molecule has 116 valence electrons. The normalized spacial score (nSPS) is 16.7. The average molecular weight is 356 g/mol. The Labute approximate surface area is 141 Å². The molecule has 1 amide bonds. The van der Waals surface area contributed by atoms with Gasteiger partial charge in [0.25, 0.3) is 0 Å². The predicted molar refractivity (Wildman–Crippen MR) is 89.1 cm³/mol. The molecule has 1 unspecified atom stereocenters. The minimum atomic E-state index is -0.253. The topological polar surface area (TPSA) is 64.1 Å². The highest BCUT2D eigenvalue weighted by Gasteiger charge is 2.27. The molecular formula is C14H14ClN3O2S2. The summed E-state index contributed by atoms with van der Waals surface area (Å²) in [6.45, 7) is 2.40. The van der Waals surface area contributed by atoms with Gasteiger partial charge in [-0.05, 0) is 35.9 Å². The number of hydrogen-bond acceptors (Lipinski definition) is 6. The maximum absolute atomic E-state index is 12.3. The molecule has 0 saturated heterocycles. The fourth-order valence-electron chi connectivity index (χ4n) is 2.18. The van der Waals surface area contributed by atoms with Crippen LogP contribution in [0.3, 0.4) is 0 Å². The summed E-state index contributed by atoms with van der Waals surface area (Å²) in [5.74, 6) is 1.37. The second-order valence-corrected chi connectivity index (χ2v) is 7.68. The SMILES string of the molecule is CCSc1nnc(NC(=O)C2COc3ccc(Cl)cc3C2)s1. The highest BCUT2D eigenvalue weighted by Crippen LogP contribution is 2.31. The molecule has 0 bridgehead atoms. The zero-order valence-electron chi connectivity index (χ0n) is 11.8. The van der Waals surface area contributed by atoms with E-state index in [0.29, 0.717) is 23.2 Å². The molecule has 0 saturated carbocycles. The molecule has 1 aromatic carbocycles. The lowest BCUT2D eigenvalue weighted by atomic mass is 9.96. The second kappa shape index (κ2) is 6.85. The van der Waals surface area contributed by atoms with Gasteiger partial charge in [-0.2, -0.15) is 0 Å². The molecule has 1 atom stereocenters. The van der Waals surface area contributed by atoms with Crippen molar-refractivity contribution >= 4 is 45.7 Å². The van der Waals surface area contributed by atoms with E-state index >= 15 is 0 Å². The van der Waals surface area contributed by atoms with Crippen LogP contribution in [0.15, 0.2) is 22.5 Å². The lowest BCUT2D eigenvalue weighted by Crippen LogP contribution is -2.32. The monoisotopic (exact) mass is 355 g/mol. The fourth-order valence-corrected chi connectivity index (χ4v) is 4.03. The minimum absolute atomic E-state index is 0.102. The largest absolute Gasteiger partial charge is 0.492 e. The smallest absolute Gasteiger partial charge is 0.233 e. The van der Waals surface area contributed by atoms with Crippen LogP contribution in [0.25, 0.3) is 0 Å².